The Bertz CT molecular complexity index is 1280. The standard InChI is InChI=1S/C25H28FN3O6S/c1-25(2,3)35-24(33)28-20(23(31)32)15-36(34)14-16-4-7-19(8-5-16)27-22(30)13-29-11-10-17-12-18(26)6-9-21(17)29/h4-12,20H,13-15H2,1-3H3,(H,27,30)(H,28,33)(H,31,32). The van der Waals surface area contributed by atoms with E-state index in [1.54, 1.807) is 67.9 Å². The fraction of sp³-hybridized carbons (Fsp3) is 0.320. The van der Waals surface area contributed by atoms with Crippen LogP contribution >= 0.6 is 0 Å². The molecule has 0 aliphatic carbocycles. The van der Waals surface area contributed by atoms with Gasteiger partial charge >= 0.3 is 12.1 Å². The van der Waals surface area contributed by atoms with Gasteiger partial charge < -0.3 is 25.0 Å². The van der Waals surface area contributed by atoms with E-state index in [2.05, 4.69) is 10.6 Å². The molecule has 3 aromatic rings. The summed E-state index contributed by atoms with van der Waals surface area (Å²) in [5.74, 6) is -2.15. The molecule has 0 radical (unpaired) electrons. The van der Waals surface area contributed by atoms with Crippen LogP contribution in [0.1, 0.15) is 26.3 Å². The van der Waals surface area contributed by atoms with Crippen LogP contribution in [0.15, 0.2) is 54.7 Å². The van der Waals surface area contributed by atoms with Crippen molar-refractivity contribution in [3.63, 3.8) is 0 Å². The first kappa shape index (κ1) is 26.9. The molecule has 1 aromatic heterocycles. The zero-order valence-electron chi connectivity index (χ0n) is 20.1. The number of carbonyl (C=O) groups excluding carboxylic acids is 2. The fourth-order valence-corrected chi connectivity index (χ4v) is 4.68. The number of hydrogen-bond donors (Lipinski definition) is 3. The van der Waals surface area contributed by atoms with Gasteiger partial charge in [-0.25, -0.2) is 14.0 Å². The van der Waals surface area contributed by atoms with Crippen molar-refractivity contribution >= 4 is 45.4 Å². The third-order valence-corrected chi connectivity index (χ3v) is 6.31. The number of carbonyl (C=O) groups is 3. The SMILES string of the molecule is CC(C)(C)OC(=O)NC(CS(=O)Cc1ccc(NC(=O)Cn2ccc3cc(F)ccc32)cc1)C(=O)O. The predicted molar refractivity (Wildman–Crippen MR) is 134 cm³/mol. The smallest absolute Gasteiger partial charge is 0.408 e. The van der Waals surface area contributed by atoms with Gasteiger partial charge in [-0.1, -0.05) is 12.1 Å². The average molecular weight is 518 g/mol. The zero-order valence-corrected chi connectivity index (χ0v) is 20.9. The van der Waals surface area contributed by atoms with Crippen LogP contribution < -0.4 is 10.6 Å². The number of fused-ring (bicyclic) bond motifs is 1. The largest absolute Gasteiger partial charge is 0.480 e. The van der Waals surface area contributed by atoms with Gasteiger partial charge in [0.1, 0.15) is 24.0 Å². The van der Waals surface area contributed by atoms with E-state index in [0.717, 1.165) is 5.52 Å². The minimum absolute atomic E-state index is 0.0438. The number of benzene rings is 2. The van der Waals surface area contributed by atoms with E-state index in [4.69, 9.17) is 4.74 Å². The first-order chi connectivity index (χ1) is 16.9. The third-order valence-electron chi connectivity index (χ3n) is 4.95. The molecule has 0 saturated carbocycles. The van der Waals surface area contributed by atoms with Gasteiger partial charge in [-0.05, 0) is 62.7 Å². The Kier molecular flexibility index (Phi) is 8.46. The van der Waals surface area contributed by atoms with E-state index < -0.39 is 34.5 Å². The first-order valence-electron chi connectivity index (χ1n) is 11.1. The summed E-state index contributed by atoms with van der Waals surface area (Å²) in [4.78, 5) is 35.8. The number of halogens is 1. The molecule has 2 aromatic carbocycles. The van der Waals surface area contributed by atoms with Crippen LogP contribution in [0.3, 0.4) is 0 Å². The second-order valence-electron chi connectivity index (χ2n) is 9.18. The number of aliphatic carboxylic acids is 1. The molecule has 3 N–H and O–H groups in total. The number of carboxylic acid groups (broad SMARTS) is 1. The van der Waals surface area contributed by atoms with Crippen molar-refractivity contribution in [1.29, 1.82) is 0 Å². The summed E-state index contributed by atoms with van der Waals surface area (Å²) in [7, 11) is -1.58. The average Bonchev–Trinajstić information content (AvgIpc) is 3.14. The molecule has 36 heavy (non-hydrogen) atoms. The molecule has 3 rings (SSSR count). The third kappa shape index (κ3) is 7.91. The maximum absolute atomic E-state index is 13.4. The molecule has 192 valence electrons. The van der Waals surface area contributed by atoms with Crippen molar-refractivity contribution < 1.29 is 32.8 Å². The van der Waals surface area contributed by atoms with Gasteiger partial charge in [0.25, 0.3) is 0 Å². The molecule has 1 heterocycles. The van der Waals surface area contributed by atoms with Crippen molar-refractivity contribution in [2.45, 2.75) is 44.7 Å². The van der Waals surface area contributed by atoms with Crippen LogP contribution in [0, 0.1) is 5.82 Å². The molecule has 0 bridgehead atoms. The lowest BCUT2D eigenvalue weighted by Gasteiger charge is -2.21. The summed E-state index contributed by atoms with van der Waals surface area (Å²) < 4.78 is 32.6. The van der Waals surface area contributed by atoms with Gasteiger partial charge in [-0.2, -0.15) is 0 Å². The van der Waals surface area contributed by atoms with Crippen LogP contribution in [0.4, 0.5) is 14.9 Å². The summed E-state index contributed by atoms with van der Waals surface area (Å²) in [5.41, 5.74) is 1.15. The summed E-state index contributed by atoms with van der Waals surface area (Å²) in [6.07, 6.45) is 0.816. The molecule has 0 fully saturated rings. The molecule has 2 amide bonds. The van der Waals surface area contributed by atoms with Gasteiger partial charge in [0.2, 0.25) is 5.91 Å². The maximum Gasteiger partial charge on any atom is 0.408 e. The second kappa shape index (κ2) is 11.3. The van der Waals surface area contributed by atoms with Gasteiger partial charge in [0.15, 0.2) is 0 Å². The molecular formula is C25H28FN3O6S. The van der Waals surface area contributed by atoms with Gasteiger partial charge in [0.05, 0.1) is 5.75 Å². The minimum atomic E-state index is -1.58. The van der Waals surface area contributed by atoms with Crippen LogP contribution in [0.2, 0.25) is 0 Å². The number of aromatic nitrogens is 1. The molecule has 0 aliphatic rings. The number of amides is 2. The van der Waals surface area contributed by atoms with E-state index in [1.807, 2.05) is 0 Å². The van der Waals surface area contributed by atoms with E-state index in [9.17, 15) is 28.1 Å². The number of ether oxygens (including phenoxy) is 1. The lowest BCUT2D eigenvalue weighted by atomic mass is 10.2. The van der Waals surface area contributed by atoms with E-state index in [-0.39, 0.29) is 29.8 Å². The summed E-state index contributed by atoms with van der Waals surface area (Å²) in [5, 5.41) is 15.1. The number of nitrogens with zero attached hydrogens (tertiary/aromatic N) is 1. The Morgan fingerprint density at radius 1 is 1.11 bits per heavy atom. The van der Waals surface area contributed by atoms with Gasteiger partial charge in [0, 0.05) is 39.3 Å². The van der Waals surface area contributed by atoms with Crippen molar-refractivity contribution in [2.75, 3.05) is 11.1 Å². The number of hydrogen-bond acceptors (Lipinski definition) is 5. The molecular weight excluding hydrogens is 489 g/mol. The normalized spacial score (nSPS) is 13.1. The quantitative estimate of drug-likeness (QED) is 0.398. The minimum Gasteiger partial charge on any atom is -0.480 e. The van der Waals surface area contributed by atoms with Crippen LogP contribution in [-0.2, 0) is 37.4 Å². The summed E-state index contributed by atoms with van der Waals surface area (Å²) in [6.45, 7) is 4.99. The Hall–Kier alpha value is -3.73. The lowest BCUT2D eigenvalue weighted by molar-refractivity contribution is -0.138. The molecule has 0 spiro atoms. The number of nitrogens with one attached hydrogen (secondary N) is 2. The maximum atomic E-state index is 13.4. The van der Waals surface area contributed by atoms with Crippen molar-refractivity contribution in [3.05, 3.63) is 66.1 Å². The van der Waals surface area contributed by atoms with E-state index in [0.29, 0.717) is 16.6 Å². The topological polar surface area (TPSA) is 127 Å². The number of alkyl carbamates (subject to hydrolysis) is 1. The second-order valence-corrected chi connectivity index (χ2v) is 10.7. The van der Waals surface area contributed by atoms with E-state index >= 15 is 0 Å². The highest BCUT2D eigenvalue weighted by atomic mass is 32.2. The predicted octanol–water partition coefficient (Wildman–Crippen LogP) is 3.65. The Balaban J connectivity index is 1.53. The lowest BCUT2D eigenvalue weighted by Crippen LogP contribution is -2.46. The summed E-state index contributed by atoms with van der Waals surface area (Å²) >= 11 is 0. The molecule has 0 aliphatic heterocycles. The molecule has 9 nitrogen and oxygen atoms in total. The van der Waals surface area contributed by atoms with Gasteiger partial charge in [-0.15, -0.1) is 0 Å². The van der Waals surface area contributed by atoms with Crippen LogP contribution in [0.5, 0.6) is 0 Å². The van der Waals surface area contributed by atoms with Crippen molar-refractivity contribution in [2.24, 2.45) is 0 Å². The zero-order chi connectivity index (χ0) is 26.5. The van der Waals surface area contributed by atoms with Crippen molar-refractivity contribution in [3.8, 4) is 0 Å². The molecule has 11 heteroatoms. The van der Waals surface area contributed by atoms with Crippen LogP contribution in [-0.4, -0.2) is 49.2 Å². The van der Waals surface area contributed by atoms with E-state index in [1.165, 1.54) is 12.1 Å². The number of rotatable bonds is 9. The Morgan fingerprint density at radius 3 is 2.44 bits per heavy atom. The highest BCUT2D eigenvalue weighted by Crippen LogP contribution is 2.18. The van der Waals surface area contributed by atoms with Crippen molar-refractivity contribution in [1.82, 2.24) is 9.88 Å². The van der Waals surface area contributed by atoms with Crippen LogP contribution in [0.25, 0.3) is 10.9 Å². The molecule has 2 unspecified atom stereocenters. The van der Waals surface area contributed by atoms with Gasteiger partial charge in [-0.3, -0.25) is 9.00 Å². The first-order valence-corrected chi connectivity index (χ1v) is 12.6. The highest BCUT2D eigenvalue weighted by molar-refractivity contribution is 7.84. The number of carboxylic acids is 1. The Labute approximate surface area is 210 Å². The Morgan fingerprint density at radius 2 is 1.81 bits per heavy atom. The molecule has 0 saturated heterocycles. The molecule has 2 atom stereocenters. The fourth-order valence-electron chi connectivity index (χ4n) is 3.40. The highest BCUT2D eigenvalue weighted by Gasteiger charge is 2.25. The number of anilines is 1. The monoisotopic (exact) mass is 517 g/mol. The summed E-state index contributed by atoms with van der Waals surface area (Å²) in [6, 6.07) is 11.4.